The van der Waals surface area contributed by atoms with Crippen LogP contribution in [0.5, 0.6) is 0 Å². The molecular formula is C13H14O4S. The first-order valence-electron chi connectivity index (χ1n) is 5.59. The Bertz CT molecular complexity index is 502. The van der Waals surface area contributed by atoms with E-state index < -0.39 is 6.10 Å². The zero-order valence-electron chi connectivity index (χ0n) is 9.70. The van der Waals surface area contributed by atoms with Crippen LogP contribution in [0.15, 0.2) is 34.7 Å². The smallest absolute Gasteiger partial charge is 0.207 e. The first kappa shape index (κ1) is 13.1. The summed E-state index contributed by atoms with van der Waals surface area (Å²) in [5, 5.41) is 18.7. The molecule has 0 aliphatic heterocycles. The summed E-state index contributed by atoms with van der Waals surface area (Å²) in [6.45, 7) is -0.286. The van der Waals surface area contributed by atoms with Crippen LogP contribution in [0, 0.1) is 0 Å². The van der Waals surface area contributed by atoms with Crippen LogP contribution in [0.1, 0.15) is 10.6 Å². The monoisotopic (exact) mass is 266 g/mol. The largest absolute Gasteiger partial charge is 0.453 e. The Morgan fingerprint density at radius 3 is 2.89 bits per heavy atom. The van der Waals surface area contributed by atoms with Gasteiger partial charge in [0.1, 0.15) is 5.58 Å². The van der Waals surface area contributed by atoms with Crippen LogP contribution in [0.25, 0.3) is 11.0 Å². The lowest BCUT2D eigenvalue weighted by atomic mass is 10.2. The quantitative estimate of drug-likeness (QED) is 0.779. The zero-order valence-corrected chi connectivity index (χ0v) is 10.5. The van der Waals surface area contributed by atoms with E-state index in [2.05, 4.69) is 0 Å². The molecule has 2 rings (SSSR count). The van der Waals surface area contributed by atoms with Crippen molar-refractivity contribution in [2.24, 2.45) is 0 Å². The number of hydrogen-bond donors (Lipinski definition) is 2. The maximum atomic E-state index is 11.8. The molecule has 1 heterocycles. The molecule has 0 saturated carbocycles. The van der Waals surface area contributed by atoms with Gasteiger partial charge < -0.3 is 14.6 Å². The molecule has 0 saturated heterocycles. The molecule has 0 aliphatic carbocycles. The van der Waals surface area contributed by atoms with Crippen LogP contribution in [-0.4, -0.2) is 40.2 Å². The van der Waals surface area contributed by atoms with Gasteiger partial charge in [0, 0.05) is 11.1 Å². The third-order valence-corrected chi connectivity index (χ3v) is 3.54. The standard InChI is InChI=1S/C13H14O4S/c14-6-10(15)7-18-8-11(16)13-5-9-3-1-2-4-12(9)17-13/h1-5,10,14-15H,6-8H2. The molecule has 2 N–H and O–H groups in total. The summed E-state index contributed by atoms with van der Waals surface area (Å²) in [7, 11) is 0. The van der Waals surface area contributed by atoms with Gasteiger partial charge in [0.15, 0.2) is 5.76 Å². The number of carbonyl (C=O) groups excluding carboxylic acids is 1. The molecule has 18 heavy (non-hydrogen) atoms. The second-order valence-electron chi connectivity index (χ2n) is 3.92. The number of benzene rings is 1. The fraction of sp³-hybridized carbons (Fsp3) is 0.308. The Morgan fingerprint density at radius 1 is 1.39 bits per heavy atom. The van der Waals surface area contributed by atoms with Crippen LogP contribution >= 0.6 is 11.8 Å². The Labute approximate surface area is 109 Å². The minimum absolute atomic E-state index is 0.110. The highest BCUT2D eigenvalue weighted by Gasteiger charge is 2.13. The van der Waals surface area contributed by atoms with Crippen LogP contribution < -0.4 is 0 Å². The van der Waals surface area contributed by atoms with Gasteiger partial charge in [0.2, 0.25) is 5.78 Å². The first-order valence-corrected chi connectivity index (χ1v) is 6.74. The molecule has 1 unspecified atom stereocenters. The van der Waals surface area contributed by atoms with Crippen molar-refractivity contribution in [1.29, 1.82) is 0 Å². The van der Waals surface area contributed by atoms with Crippen LogP contribution in [0.3, 0.4) is 0 Å². The minimum Gasteiger partial charge on any atom is -0.453 e. The third kappa shape index (κ3) is 3.13. The number of carbonyl (C=O) groups is 1. The average Bonchev–Trinajstić information content (AvgIpc) is 2.82. The average molecular weight is 266 g/mol. The molecule has 1 aromatic carbocycles. The van der Waals surface area contributed by atoms with Crippen molar-refractivity contribution in [3.05, 3.63) is 36.1 Å². The van der Waals surface area contributed by atoms with Crippen molar-refractivity contribution in [2.45, 2.75) is 6.10 Å². The summed E-state index contributed by atoms with van der Waals surface area (Å²) < 4.78 is 5.44. The Hall–Kier alpha value is -1.30. The van der Waals surface area contributed by atoms with Gasteiger partial charge in [-0.25, -0.2) is 0 Å². The molecule has 0 spiro atoms. The number of furan rings is 1. The topological polar surface area (TPSA) is 70.7 Å². The number of aliphatic hydroxyl groups excluding tert-OH is 2. The van der Waals surface area contributed by atoms with E-state index in [9.17, 15) is 4.79 Å². The highest BCUT2D eigenvalue weighted by atomic mass is 32.2. The van der Waals surface area contributed by atoms with Gasteiger partial charge in [-0.05, 0) is 12.1 Å². The number of para-hydroxylation sites is 1. The Morgan fingerprint density at radius 2 is 2.17 bits per heavy atom. The number of aliphatic hydroxyl groups is 2. The van der Waals surface area contributed by atoms with Crippen molar-refractivity contribution >= 4 is 28.5 Å². The Kier molecular flexibility index (Phi) is 4.41. The molecule has 96 valence electrons. The number of thioether (sulfide) groups is 1. The predicted octanol–water partition coefficient (Wildman–Crippen LogP) is 1.70. The summed E-state index contributed by atoms with van der Waals surface area (Å²) in [6.07, 6.45) is -0.779. The fourth-order valence-electron chi connectivity index (χ4n) is 1.53. The highest BCUT2D eigenvalue weighted by molar-refractivity contribution is 8.00. The number of Topliss-reactive ketones (excluding diaryl/α,β-unsaturated/α-hetero) is 1. The predicted molar refractivity (Wildman–Crippen MR) is 71.0 cm³/mol. The number of rotatable bonds is 6. The van der Waals surface area contributed by atoms with E-state index in [1.807, 2.05) is 24.3 Å². The summed E-state index contributed by atoms with van der Waals surface area (Å²) in [5.74, 6) is 0.794. The summed E-state index contributed by atoms with van der Waals surface area (Å²) in [5.41, 5.74) is 0.696. The summed E-state index contributed by atoms with van der Waals surface area (Å²) in [6, 6.07) is 9.17. The minimum atomic E-state index is -0.779. The van der Waals surface area contributed by atoms with E-state index in [1.165, 1.54) is 11.8 Å². The molecule has 0 bridgehead atoms. The molecule has 1 atom stereocenters. The van der Waals surface area contributed by atoms with Gasteiger partial charge in [0.25, 0.3) is 0 Å². The Balaban J connectivity index is 1.96. The number of ketones is 1. The molecule has 0 radical (unpaired) electrons. The first-order chi connectivity index (χ1) is 8.70. The van der Waals surface area contributed by atoms with Gasteiger partial charge in [-0.15, -0.1) is 0 Å². The maximum Gasteiger partial charge on any atom is 0.207 e. The van der Waals surface area contributed by atoms with E-state index >= 15 is 0 Å². The SMILES string of the molecule is O=C(CSCC(O)CO)c1cc2ccccc2o1. The lowest BCUT2D eigenvalue weighted by molar-refractivity contribution is 0.0993. The second-order valence-corrected chi connectivity index (χ2v) is 4.95. The van der Waals surface area contributed by atoms with E-state index in [1.54, 1.807) is 6.07 Å². The van der Waals surface area contributed by atoms with Crippen LogP contribution in [0.2, 0.25) is 0 Å². The number of fused-ring (bicyclic) bond motifs is 1. The van der Waals surface area contributed by atoms with Crippen molar-refractivity contribution in [2.75, 3.05) is 18.1 Å². The van der Waals surface area contributed by atoms with E-state index in [-0.39, 0.29) is 18.1 Å². The van der Waals surface area contributed by atoms with E-state index in [0.717, 1.165) is 5.39 Å². The van der Waals surface area contributed by atoms with Gasteiger partial charge in [0.05, 0.1) is 18.5 Å². The zero-order chi connectivity index (χ0) is 13.0. The van der Waals surface area contributed by atoms with Crippen molar-refractivity contribution in [3.8, 4) is 0 Å². The molecule has 0 fully saturated rings. The van der Waals surface area contributed by atoms with Crippen LogP contribution in [0.4, 0.5) is 0 Å². The lowest BCUT2D eigenvalue weighted by Gasteiger charge is -2.04. The summed E-state index contributed by atoms with van der Waals surface area (Å²) in [4.78, 5) is 11.8. The molecule has 0 aliphatic rings. The third-order valence-electron chi connectivity index (χ3n) is 2.45. The molecular weight excluding hydrogens is 252 g/mol. The van der Waals surface area contributed by atoms with Crippen molar-refractivity contribution < 1.29 is 19.4 Å². The molecule has 0 amide bonds. The van der Waals surface area contributed by atoms with E-state index in [0.29, 0.717) is 17.1 Å². The normalized spacial score (nSPS) is 12.8. The number of hydrogen-bond acceptors (Lipinski definition) is 5. The highest BCUT2D eigenvalue weighted by Crippen LogP contribution is 2.20. The lowest BCUT2D eigenvalue weighted by Crippen LogP contribution is -2.16. The molecule has 4 nitrogen and oxygen atoms in total. The van der Waals surface area contributed by atoms with Gasteiger partial charge in [-0.1, -0.05) is 18.2 Å². The van der Waals surface area contributed by atoms with Crippen molar-refractivity contribution in [3.63, 3.8) is 0 Å². The fourth-order valence-corrected chi connectivity index (χ4v) is 2.35. The van der Waals surface area contributed by atoms with E-state index in [4.69, 9.17) is 14.6 Å². The van der Waals surface area contributed by atoms with Gasteiger partial charge >= 0.3 is 0 Å². The molecule has 1 aromatic heterocycles. The maximum absolute atomic E-state index is 11.8. The molecule has 2 aromatic rings. The van der Waals surface area contributed by atoms with Crippen molar-refractivity contribution in [1.82, 2.24) is 0 Å². The summed E-state index contributed by atoms with van der Waals surface area (Å²) >= 11 is 1.28. The van der Waals surface area contributed by atoms with Crippen LogP contribution in [-0.2, 0) is 0 Å². The second kappa shape index (κ2) is 6.04. The molecule has 5 heteroatoms. The van der Waals surface area contributed by atoms with Gasteiger partial charge in [-0.3, -0.25) is 4.79 Å². The van der Waals surface area contributed by atoms with Gasteiger partial charge in [-0.2, -0.15) is 11.8 Å².